The van der Waals surface area contributed by atoms with Crippen LogP contribution in [0.25, 0.3) is 10.6 Å². The van der Waals surface area contributed by atoms with Crippen LogP contribution in [-0.2, 0) is 6.54 Å². The Hall–Kier alpha value is -2.05. The van der Waals surface area contributed by atoms with Crippen molar-refractivity contribution in [1.82, 2.24) is 15.3 Å². The molecule has 0 spiro atoms. The van der Waals surface area contributed by atoms with Crippen molar-refractivity contribution in [3.63, 3.8) is 0 Å². The van der Waals surface area contributed by atoms with E-state index in [1.807, 2.05) is 19.1 Å². The summed E-state index contributed by atoms with van der Waals surface area (Å²) in [7, 11) is 0. The maximum Gasteiger partial charge on any atom is 0.270 e. The van der Waals surface area contributed by atoms with Crippen LogP contribution in [0.1, 0.15) is 20.4 Å². The highest BCUT2D eigenvalue weighted by Gasteiger charge is 2.09. The van der Waals surface area contributed by atoms with Gasteiger partial charge in [0.15, 0.2) is 0 Å². The van der Waals surface area contributed by atoms with Gasteiger partial charge in [-0.3, -0.25) is 9.78 Å². The van der Waals surface area contributed by atoms with E-state index >= 15 is 0 Å². The largest absolute Gasteiger partial charge is 0.346 e. The molecule has 0 saturated carbocycles. The van der Waals surface area contributed by atoms with Crippen LogP contribution in [0.3, 0.4) is 0 Å². The van der Waals surface area contributed by atoms with E-state index in [0.717, 1.165) is 20.5 Å². The summed E-state index contributed by atoms with van der Waals surface area (Å²) in [5.41, 5.74) is 1.44. The third kappa shape index (κ3) is 3.34. The Morgan fingerprint density at radius 3 is 2.90 bits per heavy atom. The zero-order valence-electron chi connectivity index (χ0n) is 11.4. The Morgan fingerprint density at radius 1 is 1.29 bits per heavy atom. The first-order chi connectivity index (χ1) is 10.2. The highest BCUT2D eigenvalue weighted by molar-refractivity contribution is 7.16. The minimum atomic E-state index is -0.157. The number of carbonyl (C=O) groups excluding carboxylic acids is 1. The molecule has 0 aromatic carbocycles. The molecule has 0 aliphatic heterocycles. The van der Waals surface area contributed by atoms with Gasteiger partial charge < -0.3 is 5.32 Å². The smallest absolute Gasteiger partial charge is 0.270 e. The first-order valence-electron chi connectivity index (χ1n) is 6.43. The molecule has 106 valence electrons. The van der Waals surface area contributed by atoms with Gasteiger partial charge in [-0.25, -0.2) is 4.98 Å². The average Bonchev–Trinajstić information content (AvgIpc) is 3.14. The van der Waals surface area contributed by atoms with Gasteiger partial charge >= 0.3 is 0 Å². The van der Waals surface area contributed by atoms with E-state index in [4.69, 9.17) is 0 Å². The number of carbonyl (C=O) groups is 1. The number of amides is 1. The molecule has 1 amide bonds. The van der Waals surface area contributed by atoms with Crippen molar-refractivity contribution in [1.29, 1.82) is 0 Å². The quantitative estimate of drug-likeness (QED) is 0.801. The Morgan fingerprint density at radius 2 is 2.19 bits per heavy atom. The summed E-state index contributed by atoms with van der Waals surface area (Å²) in [6.45, 7) is 2.50. The number of aryl methyl sites for hydroxylation is 1. The molecule has 3 aromatic heterocycles. The van der Waals surface area contributed by atoms with E-state index in [9.17, 15) is 4.79 Å². The van der Waals surface area contributed by atoms with Crippen LogP contribution < -0.4 is 5.32 Å². The minimum absolute atomic E-state index is 0.157. The van der Waals surface area contributed by atoms with Crippen LogP contribution in [0.15, 0.2) is 41.9 Å². The molecule has 0 atom stereocenters. The van der Waals surface area contributed by atoms with Crippen molar-refractivity contribution in [3.8, 4) is 10.6 Å². The predicted octanol–water partition coefficient (Wildman–Crippen LogP) is 3.51. The lowest BCUT2D eigenvalue weighted by atomic mass is 10.3. The SMILES string of the molecule is Cc1nc(-c2ccc(CNC(=O)c3ccccn3)s2)cs1. The van der Waals surface area contributed by atoms with Crippen molar-refractivity contribution in [2.75, 3.05) is 0 Å². The molecule has 3 aromatic rings. The fourth-order valence-electron chi connectivity index (χ4n) is 1.84. The van der Waals surface area contributed by atoms with E-state index in [-0.39, 0.29) is 5.91 Å². The summed E-state index contributed by atoms with van der Waals surface area (Å²) in [6, 6.07) is 9.36. The van der Waals surface area contributed by atoms with Crippen LogP contribution in [0.4, 0.5) is 0 Å². The van der Waals surface area contributed by atoms with Gasteiger partial charge in [0.2, 0.25) is 0 Å². The number of thiazole rings is 1. The van der Waals surface area contributed by atoms with Crippen molar-refractivity contribution in [2.45, 2.75) is 13.5 Å². The Labute approximate surface area is 130 Å². The molecule has 6 heteroatoms. The first-order valence-corrected chi connectivity index (χ1v) is 8.12. The highest BCUT2D eigenvalue weighted by Crippen LogP contribution is 2.28. The topological polar surface area (TPSA) is 54.9 Å². The van der Waals surface area contributed by atoms with Crippen molar-refractivity contribution < 1.29 is 4.79 Å². The van der Waals surface area contributed by atoms with E-state index in [0.29, 0.717) is 12.2 Å². The van der Waals surface area contributed by atoms with Gasteiger partial charge in [0.05, 0.1) is 22.1 Å². The number of rotatable bonds is 4. The van der Waals surface area contributed by atoms with Crippen LogP contribution in [0, 0.1) is 6.92 Å². The number of nitrogens with zero attached hydrogens (tertiary/aromatic N) is 2. The molecule has 0 bridgehead atoms. The van der Waals surface area contributed by atoms with Crippen LogP contribution in [0.2, 0.25) is 0 Å². The van der Waals surface area contributed by atoms with Gasteiger partial charge in [-0.15, -0.1) is 22.7 Å². The molecule has 3 heterocycles. The van der Waals surface area contributed by atoms with E-state index in [2.05, 4.69) is 20.7 Å². The number of thiophene rings is 1. The fraction of sp³-hybridized carbons (Fsp3) is 0.133. The lowest BCUT2D eigenvalue weighted by Gasteiger charge is -2.02. The molecule has 0 radical (unpaired) electrons. The standard InChI is InChI=1S/C15H13N3OS2/c1-10-18-13(9-20-10)14-6-5-11(21-14)8-17-15(19)12-4-2-3-7-16-12/h2-7,9H,8H2,1H3,(H,17,19). The molecule has 4 nitrogen and oxygen atoms in total. The van der Waals surface area contributed by atoms with Crippen molar-refractivity contribution in [2.24, 2.45) is 0 Å². The first kappa shape index (κ1) is 13.9. The maximum atomic E-state index is 11.9. The van der Waals surface area contributed by atoms with E-state index < -0.39 is 0 Å². The number of aromatic nitrogens is 2. The average molecular weight is 315 g/mol. The molecule has 0 unspecified atom stereocenters. The van der Waals surface area contributed by atoms with Crippen molar-refractivity contribution in [3.05, 3.63) is 57.5 Å². The second-order valence-electron chi connectivity index (χ2n) is 4.42. The molecule has 0 aliphatic carbocycles. The summed E-state index contributed by atoms with van der Waals surface area (Å²) < 4.78 is 0. The summed E-state index contributed by atoms with van der Waals surface area (Å²) >= 11 is 3.29. The van der Waals surface area contributed by atoms with Gasteiger partial charge in [0.1, 0.15) is 5.69 Å². The molecule has 0 aliphatic rings. The van der Waals surface area contributed by atoms with Crippen LogP contribution in [-0.4, -0.2) is 15.9 Å². The summed E-state index contributed by atoms with van der Waals surface area (Å²) in [6.07, 6.45) is 1.61. The molecule has 3 rings (SSSR count). The molecular formula is C15H13N3OS2. The Bertz CT molecular complexity index is 749. The van der Waals surface area contributed by atoms with Gasteiger partial charge in [-0.05, 0) is 31.2 Å². The number of nitrogens with one attached hydrogen (secondary N) is 1. The molecule has 1 N–H and O–H groups in total. The monoisotopic (exact) mass is 315 g/mol. The molecule has 21 heavy (non-hydrogen) atoms. The normalized spacial score (nSPS) is 10.5. The second kappa shape index (κ2) is 6.15. The highest BCUT2D eigenvalue weighted by atomic mass is 32.1. The zero-order chi connectivity index (χ0) is 14.7. The van der Waals surface area contributed by atoms with Gasteiger partial charge in [-0.2, -0.15) is 0 Å². The molecular weight excluding hydrogens is 302 g/mol. The predicted molar refractivity (Wildman–Crippen MR) is 85.6 cm³/mol. The van der Waals surface area contributed by atoms with Gasteiger partial charge in [-0.1, -0.05) is 6.07 Å². The van der Waals surface area contributed by atoms with Crippen molar-refractivity contribution >= 4 is 28.6 Å². The van der Waals surface area contributed by atoms with E-state index in [1.54, 1.807) is 47.1 Å². The maximum absolute atomic E-state index is 11.9. The molecule has 0 fully saturated rings. The summed E-state index contributed by atoms with van der Waals surface area (Å²) in [4.78, 5) is 22.6. The van der Waals surface area contributed by atoms with Gasteiger partial charge in [0.25, 0.3) is 5.91 Å². The lowest BCUT2D eigenvalue weighted by Crippen LogP contribution is -2.23. The summed E-state index contributed by atoms with van der Waals surface area (Å²) in [5, 5.41) is 5.99. The number of hydrogen-bond donors (Lipinski definition) is 1. The Balaban J connectivity index is 1.64. The van der Waals surface area contributed by atoms with E-state index in [1.165, 1.54) is 0 Å². The number of pyridine rings is 1. The molecule has 0 saturated heterocycles. The van der Waals surface area contributed by atoms with Crippen LogP contribution >= 0.6 is 22.7 Å². The van der Waals surface area contributed by atoms with Gasteiger partial charge in [0, 0.05) is 16.5 Å². The summed E-state index contributed by atoms with van der Waals surface area (Å²) in [5.74, 6) is -0.157. The Kier molecular flexibility index (Phi) is 4.08. The fourth-order valence-corrected chi connectivity index (χ4v) is 3.44. The number of hydrogen-bond acceptors (Lipinski definition) is 5. The third-order valence-corrected chi connectivity index (χ3v) is 4.74. The third-order valence-electron chi connectivity index (χ3n) is 2.85. The minimum Gasteiger partial charge on any atom is -0.346 e. The van der Waals surface area contributed by atoms with Crippen LogP contribution in [0.5, 0.6) is 0 Å². The zero-order valence-corrected chi connectivity index (χ0v) is 13.0. The lowest BCUT2D eigenvalue weighted by molar-refractivity contribution is 0.0946. The second-order valence-corrected chi connectivity index (χ2v) is 6.65.